The Morgan fingerprint density at radius 2 is 2.14 bits per heavy atom. The molecule has 0 unspecified atom stereocenters. The summed E-state index contributed by atoms with van der Waals surface area (Å²) in [6.45, 7) is 0.0550. The SMILES string of the molecule is O=CO[C@H]1C[C@H](n2cnc3c(NC(=O)c4ccccc4)ncnc32)O[C@@H]1CO. The summed E-state index contributed by atoms with van der Waals surface area (Å²) >= 11 is 0. The van der Waals surface area contributed by atoms with E-state index in [4.69, 9.17) is 9.47 Å². The molecule has 2 aromatic heterocycles. The van der Waals surface area contributed by atoms with Crippen LogP contribution in [0.25, 0.3) is 11.2 Å². The number of nitrogens with zero attached hydrogens (tertiary/aromatic N) is 4. The van der Waals surface area contributed by atoms with Gasteiger partial charge in [-0.2, -0.15) is 0 Å². The van der Waals surface area contributed by atoms with Gasteiger partial charge in [0.2, 0.25) is 0 Å². The molecule has 0 radical (unpaired) electrons. The van der Waals surface area contributed by atoms with Crippen LogP contribution in [-0.4, -0.2) is 55.8 Å². The second-order valence-corrected chi connectivity index (χ2v) is 6.18. The number of carbonyl (C=O) groups excluding carboxylic acids is 2. The second-order valence-electron chi connectivity index (χ2n) is 6.18. The number of aliphatic hydroxyl groups excluding tert-OH is 1. The van der Waals surface area contributed by atoms with Crippen molar-refractivity contribution in [2.24, 2.45) is 0 Å². The number of ether oxygens (including phenoxy) is 2. The molecular weight excluding hydrogens is 366 g/mol. The van der Waals surface area contributed by atoms with Crippen LogP contribution in [0, 0.1) is 0 Å². The van der Waals surface area contributed by atoms with Crippen LogP contribution in [0.2, 0.25) is 0 Å². The van der Waals surface area contributed by atoms with E-state index in [1.807, 2.05) is 6.07 Å². The van der Waals surface area contributed by atoms with E-state index in [0.29, 0.717) is 29.6 Å². The number of amides is 1. The van der Waals surface area contributed by atoms with Gasteiger partial charge in [-0.05, 0) is 12.1 Å². The fourth-order valence-corrected chi connectivity index (χ4v) is 3.17. The molecule has 3 aromatic rings. The molecule has 1 fully saturated rings. The van der Waals surface area contributed by atoms with Gasteiger partial charge in [0.15, 0.2) is 17.0 Å². The highest BCUT2D eigenvalue weighted by Gasteiger charge is 2.38. The summed E-state index contributed by atoms with van der Waals surface area (Å²) in [7, 11) is 0. The molecule has 4 rings (SSSR count). The Hall–Kier alpha value is -3.37. The average molecular weight is 383 g/mol. The van der Waals surface area contributed by atoms with Crippen molar-refractivity contribution in [2.75, 3.05) is 11.9 Å². The van der Waals surface area contributed by atoms with Gasteiger partial charge in [0.05, 0.1) is 12.9 Å². The van der Waals surface area contributed by atoms with Crippen molar-refractivity contribution in [3.63, 3.8) is 0 Å². The highest BCUT2D eigenvalue weighted by molar-refractivity contribution is 6.06. The first kappa shape index (κ1) is 18.0. The molecular formula is C18H17N5O5. The molecule has 1 saturated heterocycles. The van der Waals surface area contributed by atoms with Crippen LogP contribution in [0.3, 0.4) is 0 Å². The zero-order chi connectivity index (χ0) is 19.5. The van der Waals surface area contributed by atoms with Crippen LogP contribution >= 0.6 is 0 Å². The van der Waals surface area contributed by atoms with Crippen LogP contribution in [0.15, 0.2) is 43.0 Å². The van der Waals surface area contributed by atoms with E-state index in [-0.39, 0.29) is 18.3 Å². The normalized spacial score (nSPS) is 21.5. The summed E-state index contributed by atoms with van der Waals surface area (Å²) < 4.78 is 12.4. The minimum atomic E-state index is -0.633. The number of fused-ring (bicyclic) bond motifs is 1. The molecule has 1 aliphatic heterocycles. The first-order valence-electron chi connectivity index (χ1n) is 8.60. The molecule has 1 aliphatic rings. The third kappa shape index (κ3) is 3.30. The van der Waals surface area contributed by atoms with Crippen molar-refractivity contribution >= 4 is 29.4 Å². The van der Waals surface area contributed by atoms with E-state index in [9.17, 15) is 14.7 Å². The Labute approximate surface area is 159 Å². The fraction of sp³-hybridized carbons (Fsp3) is 0.278. The van der Waals surface area contributed by atoms with E-state index >= 15 is 0 Å². The van der Waals surface area contributed by atoms with Gasteiger partial charge in [0, 0.05) is 12.0 Å². The molecule has 10 nitrogen and oxygen atoms in total. The Balaban J connectivity index is 1.60. The molecule has 144 valence electrons. The maximum Gasteiger partial charge on any atom is 0.293 e. The van der Waals surface area contributed by atoms with E-state index < -0.39 is 18.4 Å². The lowest BCUT2D eigenvalue weighted by molar-refractivity contribution is -0.137. The van der Waals surface area contributed by atoms with Gasteiger partial charge in [0.25, 0.3) is 12.4 Å². The summed E-state index contributed by atoms with van der Waals surface area (Å²) in [5.41, 5.74) is 1.34. The molecule has 0 saturated carbocycles. The average Bonchev–Trinajstić information content (AvgIpc) is 3.33. The zero-order valence-corrected chi connectivity index (χ0v) is 14.6. The molecule has 2 N–H and O–H groups in total. The number of imidazole rings is 1. The smallest absolute Gasteiger partial charge is 0.293 e. The number of carbonyl (C=O) groups is 2. The van der Waals surface area contributed by atoms with Gasteiger partial charge in [-0.25, -0.2) is 15.0 Å². The maximum atomic E-state index is 12.4. The molecule has 3 heterocycles. The zero-order valence-electron chi connectivity index (χ0n) is 14.6. The summed E-state index contributed by atoms with van der Waals surface area (Å²) in [6.07, 6.45) is 1.44. The van der Waals surface area contributed by atoms with Gasteiger partial charge in [-0.3, -0.25) is 14.2 Å². The first-order valence-corrected chi connectivity index (χ1v) is 8.60. The first-order chi connectivity index (χ1) is 13.7. The maximum absolute atomic E-state index is 12.4. The van der Waals surface area contributed by atoms with Crippen LogP contribution in [0.1, 0.15) is 23.0 Å². The Kier molecular flexibility index (Phi) is 4.96. The van der Waals surface area contributed by atoms with Gasteiger partial charge in [0.1, 0.15) is 24.8 Å². The Morgan fingerprint density at radius 3 is 2.89 bits per heavy atom. The Morgan fingerprint density at radius 1 is 1.32 bits per heavy atom. The predicted octanol–water partition coefficient (Wildman–Crippen LogP) is 0.900. The number of benzene rings is 1. The minimum Gasteiger partial charge on any atom is -0.462 e. The van der Waals surface area contributed by atoms with Crippen LogP contribution < -0.4 is 5.32 Å². The summed E-state index contributed by atoms with van der Waals surface area (Å²) in [6, 6.07) is 8.75. The van der Waals surface area contributed by atoms with E-state index in [1.54, 1.807) is 28.8 Å². The molecule has 0 aliphatic carbocycles. The quantitative estimate of drug-likeness (QED) is 0.601. The van der Waals surface area contributed by atoms with Crippen molar-refractivity contribution in [2.45, 2.75) is 24.9 Å². The molecule has 10 heteroatoms. The van der Waals surface area contributed by atoms with E-state index in [1.165, 1.54) is 12.7 Å². The number of nitrogens with one attached hydrogen (secondary N) is 1. The highest BCUT2D eigenvalue weighted by Crippen LogP contribution is 2.32. The van der Waals surface area contributed by atoms with E-state index in [0.717, 1.165) is 0 Å². The van der Waals surface area contributed by atoms with Crippen molar-refractivity contribution in [1.29, 1.82) is 0 Å². The number of aliphatic hydroxyl groups is 1. The molecule has 0 bridgehead atoms. The van der Waals surface area contributed by atoms with Crippen molar-refractivity contribution in [3.05, 3.63) is 48.5 Å². The molecule has 28 heavy (non-hydrogen) atoms. The monoisotopic (exact) mass is 383 g/mol. The third-order valence-electron chi connectivity index (χ3n) is 4.53. The molecule has 3 atom stereocenters. The van der Waals surface area contributed by atoms with Gasteiger partial charge in [-0.15, -0.1) is 0 Å². The van der Waals surface area contributed by atoms with Gasteiger partial charge < -0.3 is 19.9 Å². The minimum absolute atomic E-state index is 0.273. The summed E-state index contributed by atoms with van der Waals surface area (Å²) in [5, 5.41) is 12.2. The number of anilines is 1. The number of rotatable bonds is 6. The lowest BCUT2D eigenvalue weighted by Gasteiger charge is -2.14. The van der Waals surface area contributed by atoms with Gasteiger partial charge in [-0.1, -0.05) is 18.2 Å². The van der Waals surface area contributed by atoms with Crippen LogP contribution in [0.5, 0.6) is 0 Å². The third-order valence-corrected chi connectivity index (χ3v) is 4.53. The largest absolute Gasteiger partial charge is 0.462 e. The lowest BCUT2D eigenvalue weighted by atomic mass is 10.2. The number of aromatic nitrogens is 4. The number of hydrogen-bond acceptors (Lipinski definition) is 8. The summed E-state index contributed by atoms with van der Waals surface area (Å²) in [5.74, 6) is -0.0398. The predicted molar refractivity (Wildman–Crippen MR) is 96.3 cm³/mol. The standard InChI is InChI=1S/C18H17N5O5/c24-7-13-12(27-10-25)6-14(28-13)23-9-21-15-16(19-8-20-17(15)23)22-18(26)11-4-2-1-3-5-11/h1-5,8-10,12-14,24H,6-7H2,(H,19,20,22,26)/t12-,13+,14+/m0/s1. The van der Waals surface area contributed by atoms with Crippen molar-refractivity contribution < 1.29 is 24.2 Å². The van der Waals surface area contributed by atoms with Crippen LogP contribution in [0.4, 0.5) is 5.82 Å². The molecule has 1 amide bonds. The Bertz CT molecular complexity index is 992. The second kappa shape index (κ2) is 7.71. The summed E-state index contributed by atoms with van der Waals surface area (Å²) in [4.78, 5) is 35.7. The number of hydrogen-bond donors (Lipinski definition) is 2. The van der Waals surface area contributed by atoms with Crippen molar-refractivity contribution in [3.8, 4) is 0 Å². The lowest BCUT2D eigenvalue weighted by Crippen LogP contribution is -2.27. The fourth-order valence-electron chi connectivity index (χ4n) is 3.17. The highest BCUT2D eigenvalue weighted by atomic mass is 16.6. The molecule has 0 spiro atoms. The molecule has 1 aromatic carbocycles. The van der Waals surface area contributed by atoms with E-state index in [2.05, 4.69) is 20.3 Å². The topological polar surface area (TPSA) is 128 Å². The van der Waals surface area contributed by atoms with Crippen LogP contribution in [-0.2, 0) is 14.3 Å². The van der Waals surface area contributed by atoms with Crippen molar-refractivity contribution in [1.82, 2.24) is 19.5 Å². The van der Waals surface area contributed by atoms with Gasteiger partial charge >= 0.3 is 0 Å².